The molecule has 1 aliphatic heterocycles. The second-order valence-corrected chi connectivity index (χ2v) is 5.35. The van der Waals surface area contributed by atoms with E-state index in [-0.39, 0.29) is 12.5 Å². The minimum absolute atomic E-state index is 0.00740. The normalized spacial score (nSPS) is 22.8. The summed E-state index contributed by atoms with van der Waals surface area (Å²) in [6, 6.07) is 7.49. The smallest absolute Gasteiger partial charge is 0.254 e. The van der Waals surface area contributed by atoms with Gasteiger partial charge >= 0.3 is 0 Å². The van der Waals surface area contributed by atoms with Crippen molar-refractivity contribution >= 4 is 5.91 Å². The Morgan fingerprint density at radius 3 is 3.00 bits per heavy atom. The van der Waals surface area contributed by atoms with Crippen LogP contribution in [0, 0.1) is 0 Å². The monoisotopic (exact) mass is 263 g/mol. The molecule has 0 spiro atoms. The third kappa shape index (κ3) is 2.80. The average molecular weight is 263 g/mol. The van der Waals surface area contributed by atoms with E-state index in [2.05, 4.69) is 0 Å². The van der Waals surface area contributed by atoms with Crippen LogP contribution in [-0.2, 0) is 11.3 Å². The van der Waals surface area contributed by atoms with Crippen molar-refractivity contribution in [1.82, 2.24) is 4.90 Å². The van der Waals surface area contributed by atoms with Crippen LogP contribution in [0.3, 0.4) is 0 Å². The van der Waals surface area contributed by atoms with Gasteiger partial charge in [-0.1, -0.05) is 12.1 Å². The van der Waals surface area contributed by atoms with Gasteiger partial charge in [0.25, 0.3) is 5.91 Å². The van der Waals surface area contributed by atoms with Crippen molar-refractivity contribution < 1.29 is 14.6 Å². The van der Waals surface area contributed by atoms with Crippen LogP contribution < -0.4 is 0 Å². The van der Waals surface area contributed by atoms with Crippen LogP contribution in [0.2, 0.25) is 0 Å². The highest BCUT2D eigenvalue weighted by Crippen LogP contribution is 2.30. The van der Waals surface area contributed by atoms with Gasteiger partial charge in [-0.2, -0.15) is 0 Å². The van der Waals surface area contributed by atoms with E-state index in [1.807, 2.05) is 31.2 Å². The van der Waals surface area contributed by atoms with Crippen LogP contribution in [-0.4, -0.2) is 41.7 Å². The third-order valence-electron chi connectivity index (χ3n) is 3.82. The van der Waals surface area contributed by atoms with Crippen molar-refractivity contribution in [2.24, 2.45) is 0 Å². The highest BCUT2D eigenvalue weighted by atomic mass is 16.5. The van der Waals surface area contributed by atoms with Gasteiger partial charge in [0, 0.05) is 19.2 Å². The number of hydrogen-bond acceptors (Lipinski definition) is 3. The van der Waals surface area contributed by atoms with Gasteiger partial charge in [-0.3, -0.25) is 4.79 Å². The number of aliphatic hydroxyl groups excluding tert-OH is 1. The van der Waals surface area contributed by atoms with Crippen molar-refractivity contribution in [2.45, 2.75) is 31.9 Å². The molecule has 4 heteroatoms. The molecule has 0 aliphatic carbocycles. The van der Waals surface area contributed by atoms with Crippen LogP contribution in [0.15, 0.2) is 24.3 Å². The lowest BCUT2D eigenvalue weighted by Crippen LogP contribution is -2.47. The molecule has 0 radical (unpaired) electrons. The molecule has 1 N–H and O–H groups in total. The molecule has 1 aliphatic rings. The summed E-state index contributed by atoms with van der Waals surface area (Å²) in [5.74, 6) is -0.00740. The molecule has 104 valence electrons. The van der Waals surface area contributed by atoms with Gasteiger partial charge in [-0.25, -0.2) is 0 Å². The molecule has 0 saturated carbocycles. The number of carbonyl (C=O) groups is 1. The van der Waals surface area contributed by atoms with E-state index in [1.165, 1.54) is 0 Å². The van der Waals surface area contributed by atoms with Crippen LogP contribution in [0.25, 0.3) is 0 Å². The molecule has 19 heavy (non-hydrogen) atoms. The minimum Gasteiger partial charge on any atom is -0.394 e. The molecule has 1 fully saturated rings. The molecule has 2 rings (SSSR count). The summed E-state index contributed by atoms with van der Waals surface area (Å²) in [5, 5.41) is 9.52. The highest BCUT2D eigenvalue weighted by molar-refractivity contribution is 5.95. The Bertz CT molecular complexity index is 460. The number of hydrogen-bond donors (Lipinski definition) is 1. The first-order valence-electron chi connectivity index (χ1n) is 6.61. The summed E-state index contributed by atoms with van der Waals surface area (Å²) in [4.78, 5) is 14.3. The van der Waals surface area contributed by atoms with Gasteiger partial charge in [0.05, 0.1) is 18.8 Å². The van der Waals surface area contributed by atoms with E-state index in [4.69, 9.17) is 4.74 Å². The summed E-state index contributed by atoms with van der Waals surface area (Å²) in [6.07, 6.45) is 1.80. The topological polar surface area (TPSA) is 49.8 Å². The van der Waals surface area contributed by atoms with Gasteiger partial charge in [0.2, 0.25) is 0 Å². The third-order valence-corrected chi connectivity index (χ3v) is 3.82. The zero-order valence-electron chi connectivity index (χ0n) is 11.6. The van der Waals surface area contributed by atoms with Gasteiger partial charge in [-0.15, -0.1) is 0 Å². The molecule has 1 heterocycles. The zero-order chi connectivity index (χ0) is 13.9. The van der Waals surface area contributed by atoms with E-state index in [0.29, 0.717) is 18.7 Å². The lowest BCUT2D eigenvalue weighted by Gasteiger charge is -2.33. The number of methoxy groups -OCH3 is 1. The van der Waals surface area contributed by atoms with Crippen molar-refractivity contribution in [3.8, 4) is 0 Å². The number of benzene rings is 1. The lowest BCUT2D eigenvalue weighted by molar-refractivity contribution is 0.0472. The fourth-order valence-corrected chi connectivity index (χ4v) is 2.65. The quantitative estimate of drug-likeness (QED) is 0.901. The summed E-state index contributed by atoms with van der Waals surface area (Å²) < 4.78 is 5.09. The molecule has 0 bridgehead atoms. The maximum Gasteiger partial charge on any atom is 0.254 e. The zero-order valence-corrected chi connectivity index (χ0v) is 11.6. The molecule has 1 unspecified atom stereocenters. The van der Waals surface area contributed by atoms with Crippen molar-refractivity contribution in [3.05, 3.63) is 35.4 Å². The van der Waals surface area contributed by atoms with Crippen molar-refractivity contribution in [3.63, 3.8) is 0 Å². The maximum absolute atomic E-state index is 12.6. The largest absolute Gasteiger partial charge is 0.394 e. The van der Waals surface area contributed by atoms with Crippen LogP contribution in [0.4, 0.5) is 0 Å². The Kier molecular flexibility index (Phi) is 4.22. The number of aliphatic hydroxyl groups is 1. The molecule has 4 nitrogen and oxygen atoms in total. The number of nitrogens with zero attached hydrogens (tertiary/aromatic N) is 1. The summed E-state index contributed by atoms with van der Waals surface area (Å²) >= 11 is 0. The van der Waals surface area contributed by atoms with Crippen LogP contribution in [0.1, 0.15) is 35.7 Å². The molecular formula is C15H21NO3. The Hall–Kier alpha value is -1.39. The molecule has 0 aromatic heterocycles. The number of carbonyl (C=O) groups excluding carboxylic acids is 1. The maximum atomic E-state index is 12.6. The molecule has 1 saturated heterocycles. The predicted molar refractivity (Wildman–Crippen MR) is 72.9 cm³/mol. The second-order valence-electron chi connectivity index (χ2n) is 5.35. The lowest BCUT2D eigenvalue weighted by atomic mass is 9.99. The second kappa shape index (κ2) is 5.72. The molecular weight excluding hydrogens is 242 g/mol. The number of amides is 1. The Balaban J connectivity index is 2.22. The van der Waals surface area contributed by atoms with E-state index >= 15 is 0 Å². The summed E-state index contributed by atoms with van der Waals surface area (Å²) in [7, 11) is 1.64. The van der Waals surface area contributed by atoms with E-state index in [9.17, 15) is 9.90 Å². The number of rotatable bonds is 4. The molecule has 1 aromatic rings. The fraction of sp³-hybridized carbons (Fsp3) is 0.533. The van der Waals surface area contributed by atoms with Crippen LogP contribution in [0.5, 0.6) is 0 Å². The first-order chi connectivity index (χ1) is 9.10. The van der Waals surface area contributed by atoms with Gasteiger partial charge < -0.3 is 14.7 Å². The standard InChI is InChI=1S/C15H21NO3/c1-15(11-17)7-4-8-16(15)14(18)13-6-3-5-12(9-13)10-19-2/h3,5-6,9,17H,4,7-8,10-11H2,1-2H3. The van der Waals surface area contributed by atoms with Crippen LogP contribution >= 0.6 is 0 Å². The van der Waals surface area contributed by atoms with Gasteiger partial charge in [-0.05, 0) is 37.5 Å². The number of likely N-dealkylation sites (tertiary alicyclic amines) is 1. The van der Waals surface area contributed by atoms with Crippen molar-refractivity contribution in [1.29, 1.82) is 0 Å². The van der Waals surface area contributed by atoms with E-state index in [0.717, 1.165) is 18.4 Å². The Morgan fingerprint density at radius 1 is 1.53 bits per heavy atom. The average Bonchev–Trinajstić information content (AvgIpc) is 2.81. The summed E-state index contributed by atoms with van der Waals surface area (Å²) in [6.45, 7) is 3.16. The first-order valence-corrected chi connectivity index (χ1v) is 6.61. The fourth-order valence-electron chi connectivity index (χ4n) is 2.65. The highest BCUT2D eigenvalue weighted by Gasteiger charge is 2.39. The van der Waals surface area contributed by atoms with E-state index in [1.54, 1.807) is 12.0 Å². The SMILES string of the molecule is COCc1cccc(C(=O)N2CCCC2(C)CO)c1. The van der Waals surface area contributed by atoms with Gasteiger partial charge in [0.15, 0.2) is 0 Å². The van der Waals surface area contributed by atoms with Crippen molar-refractivity contribution in [2.75, 3.05) is 20.3 Å². The Morgan fingerprint density at radius 2 is 2.32 bits per heavy atom. The van der Waals surface area contributed by atoms with Gasteiger partial charge in [0.1, 0.15) is 0 Å². The Labute approximate surface area is 114 Å². The molecule has 1 amide bonds. The minimum atomic E-state index is -0.422. The van der Waals surface area contributed by atoms with E-state index < -0.39 is 5.54 Å². The predicted octanol–water partition coefficient (Wildman–Crippen LogP) is 1.82. The number of ether oxygens (including phenoxy) is 1. The summed E-state index contributed by atoms with van der Waals surface area (Å²) in [5.41, 5.74) is 1.23. The molecule has 1 atom stereocenters. The first kappa shape index (κ1) is 14.0. The molecule has 1 aromatic carbocycles.